The molecular formula is C11H10ClN3O. The average molecular weight is 236 g/mol. The van der Waals surface area contributed by atoms with Crippen molar-refractivity contribution in [2.24, 2.45) is 0 Å². The number of anilines is 1. The number of rotatable bonds is 3. The van der Waals surface area contributed by atoms with Gasteiger partial charge in [-0.25, -0.2) is 9.97 Å². The van der Waals surface area contributed by atoms with Crippen molar-refractivity contribution in [3.05, 3.63) is 47.2 Å². The molecular weight excluding hydrogens is 226 g/mol. The molecule has 0 spiro atoms. The number of halogens is 1. The number of hydrogen-bond acceptors (Lipinski definition) is 4. The van der Waals surface area contributed by atoms with E-state index in [0.29, 0.717) is 23.3 Å². The number of hydrogen-bond donors (Lipinski definition) is 1. The highest BCUT2D eigenvalue weighted by Gasteiger charge is 2.01. The van der Waals surface area contributed by atoms with Crippen LogP contribution in [0.2, 0.25) is 5.02 Å². The standard InChI is InChI=1S/C11H10ClN3O/c12-9-4-2-1-3-8(9)7-16-11-6-14-10(13)5-15-11/h1-6H,7H2,(H2,13,14). The number of nitrogens with two attached hydrogens (primary N) is 1. The monoisotopic (exact) mass is 235 g/mol. The van der Waals surface area contributed by atoms with Gasteiger partial charge < -0.3 is 10.5 Å². The lowest BCUT2D eigenvalue weighted by Crippen LogP contribution is -1.99. The average Bonchev–Trinajstić information content (AvgIpc) is 2.30. The summed E-state index contributed by atoms with van der Waals surface area (Å²) in [5.41, 5.74) is 6.31. The summed E-state index contributed by atoms with van der Waals surface area (Å²) in [6, 6.07) is 7.48. The predicted molar refractivity (Wildman–Crippen MR) is 62.2 cm³/mol. The fourth-order valence-corrected chi connectivity index (χ4v) is 1.36. The van der Waals surface area contributed by atoms with Crippen LogP contribution in [0.25, 0.3) is 0 Å². The van der Waals surface area contributed by atoms with Crippen LogP contribution in [0.5, 0.6) is 5.88 Å². The zero-order valence-electron chi connectivity index (χ0n) is 8.43. The summed E-state index contributed by atoms with van der Waals surface area (Å²) in [5.74, 6) is 0.791. The van der Waals surface area contributed by atoms with Gasteiger partial charge in [-0.15, -0.1) is 0 Å². The minimum Gasteiger partial charge on any atom is -0.472 e. The normalized spacial score (nSPS) is 10.1. The number of ether oxygens (including phenoxy) is 1. The first-order valence-corrected chi connectivity index (χ1v) is 5.07. The second kappa shape index (κ2) is 4.81. The molecule has 0 fully saturated rings. The fourth-order valence-electron chi connectivity index (χ4n) is 1.17. The summed E-state index contributed by atoms with van der Waals surface area (Å²) < 4.78 is 5.41. The Labute approximate surface area is 98.0 Å². The topological polar surface area (TPSA) is 61.0 Å². The number of benzene rings is 1. The van der Waals surface area contributed by atoms with E-state index in [1.807, 2.05) is 24.3 Å². The van der Waals surface area contributed by atoms with Gasteiger partial charge in [0.15, 0.2) is 0 Å². The molecule has 0 unspecified atom stereocenters. The van der Waals surface area contributed by atoms with Crippen LogP contribution < -0.4 is 10.5 Å². The van der Waals surface area contributed by atoms with Crippen LogP contribution in [-0.2, 0) is 6.61 Å². The van der Waals surface area contributed by atoms with E-state index in [1.165, 1.54) is 12.4 Å². The minimum absolute atomic E-state index is 0.359. The summed E-state index contributed by atoms with van der Waals surface area (Å²) in [5, 5.41) is 0.672. The van der Waals surface area contributed by atoms with Gasteiger partial charge >= 0.3 is 0 Å². The van der Waals surface area contributed by atoms with Crippen LogP contribution in [-0.4, -0.2) is 9.97 Å². The quantitative estimate of drug-likeness (QED) is 0.887. The largest absolute Gasteiger partial charge is 0.472 e. The van der Waals surface area contributed by atoms with Crippen LogP contribution in [0.3, 0.4) is 0 Å². The Morgan fingerprint density at radius 1 is 1.19 bits per heavy atom. The third-order valence-corrected chi connectivity index (χ3v) is 2.35. The Morgan fingerprint density at radius 2 is 2.00 bits per heavy atom. The minimum atomic E-state index is 0.359. The molecule has 1 heterocycles. The first kappa shape index (κ1) is 10.7. The zero-order chi connectivity index (χ0) is 11.4. The second-order valence-electron chi connectivity index (χ2n) is 3.16. The van der Waals surface area contributed by atoms with Crippen molar-refractivity contribution in [2.75, 3.05) is 5.73 Å². The predicted octanol–water partition coefficient (Wildman–Crippen LogP) is 2.29. The van der Waals surface area contributed by atoms with Crippen LogP contribution in [0.4, 0.5) is 5.82 Å². The molecule has 5 heteroatoms. The zero-order valence-corrected chi connectivity index (χ0v) is 9.19. The van der Waals surface area contributed by atoms with Gasteiger partial charge in [0.2, 0.25) is 5.88 Å². The SMILES string of the molecule is Nc1cnc(OCc2ccccc2Cl)cn1. The summed E-state index contributed by atoms with van der Waals surface area (Å²) in [6.07, 6.45) is 2.92. The lowest BCUT2D eigenvalue weighted by molar-refractivity contribution is 0.292. The van der Waals surface area contributed by atoms with Gasteiger partial charge in [0, 0.05) is 10.6 Å². The van der Waals surface area contributed by atoms with Gasteiger partial charge in [-0.3, -0.25) is 0 Å². The van der Waals surface area contributed by atoms with Crippen molar-refractivity contribution in [2.45, 2.75) is 6.61 Å². The highest BCUT2D eigenvalue weighted by molar-refractivity contribution is 6.31. The number of nitrogen functional groups attached to an aromatic ring is 1. The lowest BCUT2D eigenvalue weighted by atomic mass is 10.2. The maximum Gasteiger partial charge on any atom is 0.232 e. The Morgan fingerprint density at radius 3 is 2.69 bits per heavy atom. The fraction of sp³-hybridized carbons (Fsp3) is 0.0909. The van der Waals surface area contributed by atoms with Gasteiger partial charge in [-0.1, -0.05) is 29.8 Å². The van der Waals surface area contributed by atoms with E-state index >= 15 is 0 Å². The van der Waals surface area contributed by atoms with Crippen LogP contribution in [0, 0.1) is 0 Å². The van der Waals surface area contributed by atoms with Gasteiger partial charge in [0.25, 0.3) is 0 Å². The summed E-state index contributed by atoms with van der Waals surface area (Å²) in [4.78, 5) is 7.84. The van der Waals surface area contributed by atoms with E-state index in [0.717, 1.165) is 5.56 Å². The first-order chi connectivity index (χ1) is 7.75. The Kier molecular flexibility index (Phi) is 3.22. The highest BCUT2D eigenvalue weighted by Crippen LogP contribution is 2.16. The van der Waals surface area contributed by atoms with E-state index in [2.05, 4.69) is 9.97 Å². The van der Waals surface area contributed by atoms with Crippen molar-refractivity contribution in [3.8, 4) is 5.88 Å². The van der Waals surface area contributed by atoms with Crippen LogP contribution in [0.1, 0.15) is 5.56 Å². The van der Waals surface area contributed by atoms with Crippen molar-refractivity contribution in [1.82, 2.24) is 9.97 Å². The smallest absolute Gasteiger partial charge is 0.232 e. The molecule has 0 bridgehead atoms. The molecule has 0 saturated carbocycles. The van der Waals surface area contributed by atoms with E-state index in [4.69, 9.17) is 22.1 Å². The summed E-state index contributed by atoms with van der Waals surface area (Å²) in [7, 11) is 0. The molecule has 1 aromatic heterocycles. The second-order valence-corrected chi connectivity index (χ2v) is 3.57. The van der Waals surface area contributed by atoms with Gasteiger partial charge in [0.1, 0.15) is 12.4 Å². The highest BCUT2D eigenvalue weighted by atomic mass is 35.5. The third-order valence-electron chi connectivity index (χ3n) is 1.98. The molecule has 0 radical (unpaired) electrons. The maximum absolute atomic E-state index is 5.98. The Bertz CT molecular complexity index is 473. The molecule has 1 aromatic carbocycles. The molecule has 4 nitrogen and oxygen atoms in total. The van der Waals surface area contributed by atoms with Crippen molar-refractivity contribution in [1.29, 1.82) is 0 Å². The molecule has 82 valence electrons. The van der Waals surface area contributed by atoms with Crippen LogP contribution >= 0.6 is 11.6 Å². The number of aromatic nitrogens is 2. The van der Waals surface area contributed by atoms with Gasteiger partial charge in [-0.05, 0) is 6.07 Å². The Balaban J connectivity index is 2.02. The first-order valence-electron chi connectivity index (χ1n) is 4.69. The third kappa shape index (κ3) is 2.61. The molecule has 16 heavy (non-hydrogen) atoms. The molecule has 0 aliphatic rings. The molecule has 0 atom stereocenters. The van der Waals surface area contributed by atoms with E-state index in [1.54, 1.807) is 0 Å². The van der Waals surface area contributed by atoms with Crippen molar-refractivity contribution in [3.63, 3.8) is 0 Å². The molecule has 0 aliphatic heterocycles. The summed E-state index contributed by atoms with van der Waals surface area (Å²) >= 11 is 5.98. The molecule has 2 rings (SSSR count). The van der Waals surface area contributed by atoms with Gasteiger partial charge in [0.05, 0.1) is 12.4 Å². The Hall–Kier alpha value is -1.81. The van der Waals surface area contributed by atoms with E-state index in [-0.39, 0.29) is 0 Å². The lowest BCUT2D eigenvalue weighted by Gasteiger charge is -2.06. The van der Waals surface area contributed by atoms with Crippen molar-refractivity contribution >= 4 is 17.4 Å². The molecule has 0 saturated heterocycles. The molecule has 0 aliphatic carbocycles. The van der Waals surface area contributed by atoms with E-state index in [9.17, 15) is 0 Å². The van der Waals surface area contributed by atoms with E-state index < -0.39 is 0 Å². The van der Waals surface area contributed by atoms with Crippen LogP contribution in [0.15, 0.2) is 36.7 Å². The van der Waals surface area contributed by atoms with Gasteiger partial charge in [-0.2, -0.15) is 0 Å². The summed E-state index contributed by atoms with van der Waals surface area (Å²) in [6.45, 7) is 0.359. The van der Waals surface area contributed by atoms with Crippen molar-refractivity contribution < 1.29 is 4.74 Å². The molecule has 0 amide bonds. The number of nitrogens with zero attached hydrogens (tertiary/aromatic N) is 2. The molecule has 2 N–H and O–H groups in total. The molecule has 2 aromatic rings. The maximum atomic E-state index is 5.98.